The summed E-state index contributed by atoms with van der Waals surface area (Å²) in [7, 11) is 4.28. The molecule has 0 aliphatic carbocycles. The Balaban J connectivity index is 1.50. The fourth-order valence-corrected chi connectivity index (χ4v) is 3.49. The molecule has 2 saturated heterocycles. The number of hydrogen-bond acceptors (Lipinski definition) is 4. The van der Waals surface area contributed by atoms with Gasteiger partial charge in [0.2, 0.25) is 5.91 Å². The molecule has 5 heteroatoms. The normalized spacial score (nSPS) is 23.2. The lowest BCUT2D eigenvalue weighted by Gasteiger charge is -2.34. The van der Waals surface area contributed by atoms with E-state index in [0.717, 1.165) is 51.4 Å². The van der Waals surface area contributed by atoms with Gasteiger partial charge in [0.05, 0.1) is 0 Å². The molecule has 0 saturated carbocycles. The maximum absolute atomic E-state index is 12.2. The van der Waals surface area contributed by atoms with Gasteiger partial charge in [-0.15, -0.1) is 0 Å². The second kappa shape index (κ2) is 7.32. The average Bonchev–Trinajstić information content (AvgIpc) is 2.94. The van der Waals surface area contributed by atoms with Gasteiger partial charge in [-0.3, -0.25) is 4.79 Å². The summed E-state index contributed by atoms with van der Waals surface area (Å²) in [5.74, 6) is 0.641. The number of hydrogen-bond donors (Lipinski definition) is 1. The van der Waals surface area contributed by atoms with Gasteiger partial charge in [-0.1, -0.05) is 0 Å². The van der Waals surface area contributed by atoms with Gasteiger partial charge in [0.25, 0.3) is 0 Å². The predicted molar refractivity (Wildman–Crippen MR) is 95.0 cm³/mol. The van der Waals surface area contributed by atoms with Crippen LogP contribution in [0.1, 0.15) is 12.8 Å². The summed E-state index contributed by atoms with van der Waals surface area (Å²) in [6.07, 6.45) is 1.76. The minimum Gasteiger partial charge on any atom is -0.369 e. The van der Waals surface area contributed by atoms with E-state index >= 15 is 0 Å². The summed E-state index contributed by atoms with van der Waals surface area (Å²) in [6, 6.07) is 8.27. The lowest BCUT2D eigenvalue weighted by Crippen LogP contribution is -2.44. The topological polar surface area (TPSA) is 38.8 Å². The number of rotatable bonds is 4. The number of carbonyl (C=O) groups is 1. The van der Waals surface area contributed by atoms with Crippen molar-refractivity contribution in [2.45, 2.75) is 12.8 Å². The Morgan fingerprint density at radius 3 is 2.35 bits per heavy atom. The molecular formula is C18H28N4O. The number of piperazine rings is 1. The average molecular weight is 316 g/mol. The second-order valence-electron chi connectivity index (χ2n) is 7.01. The third kappa shape index (κ3) is 4.45. The SMILES string of the molecule is CN1CCN(c2ccc(NC(=O)CC3CCN(C)C3)cc2)CC1. The Kier molecular flexibility index (Phi) is 5.18. The van der Waals surface area contributed by atoms with Crippen molar-refractivity contribution in [3.63, 3.8) is 0 Å². The molecule has 1 amide bonds. The molecule has 1 N–H and O–H groups in total. The molecule has 5 nitrogen and oxygen atoms in total. The van der Waals surface area contributed by atoms with Crippen LogP contribution in [0.15, 0.2) is 24.3 Å². The van der Waals surface area contributed by atoms with Crippen LogP contribution in [0, 0.1) is 5.92 Å². The van der Waals surface area contributed by atoms with Crippen LogP contribution < -0.4 is 10.2 Å². The summed E-state index contributed by atoms with van der Waals surface area (Å²) in [6.45, 7) is 6.49. The number of carbonyl (C=O) groups excluding carboxylic acids is 1. The Labute approximate surface area is 139 Å². The van der Waals surface area contributed by atoms with Crippen molar-refractivity contribution in [3.05, 3.63) is 24.3 Å². The molecule has 126 valence electrons. The van der Waals surface area contributed by atoms with Gasteiger partial charge in [0, 0.05) is 50.5 Å². The van der Waals surface area contributed by atoms with Gasteiger partial charge in [0.1, 0.15) is 0 Å². The second-order valence-corrected chi connectivity index (χ2v) is 7.01. The quantitative estimate of drug-likeness (QED) is 0.918. The highest BCUT2D eigenvalue weighted by Crippen LogP contribution is 2.21. The van der Waals surface area contributed by atoms with E-state index in [1.807, 2.05) is 12.1 Å². The summed E-state index contributed by atoms with van der Waals surface area (Å²) in [4.78, 5) is 19.2. The van der Waals surface area contributed by atoms with Crippen LogP contribution in [-0.2, 0) is 4.79 Å². The van der Waals surface area contributed by atoms with Gasteiger partial charge in [-0.25, -0.2) is 0 Å². The molecule has 0 aromatic heterocycles. The van der Waals surface area contributed by atoms with Crippen molar-refractivity contribution in [1.29, 1.82) is 0 Å². The molecule has 1 aromatic rings. The van der Waals surface area contributed by atoms with Gasteiger partial charge in [-0.2, -0.15) is 0 Å². The highest BCUT2D eigenvalue weighted by atomic mass is 16.1. The summed E-state index contributed by atoms with van der Waals surface area (Å²) in [5, 5.41) is 3.04. The van der Waals surface area contributed by atoms with Crippen LogP contribution in [0.2, 0.25) is 0 Å². The fraction of sp³-hybridized carbons (Fsp3) is 0.611. The zero-order valence-corrected chi connectivity index (χ0v) is 14.3. The smallest absolute Gasteiger partial charge is 0.224 e. The third-order valence-electron chi connectivity index (χ3n) is 4.98. The summed E-state index contributed by atoms with van der Waals surface area (Å²) in [5.41, 5.74) is 2.15. The maximum Gasteiger partial charge on any atom is 0.224 e. The number of anilines is 2. The number of nitrogens with one attached hydrogen (secondary N) is 1. The lowest BCUT2D eigenvalue weighted by molar-refractivity contribution is -0.117. The molecular weight excluding hydrogens is 288 g/mol. The molecule has 2 fully saturated rings. The van der Waals surface area contributed by atoms with E-state index in [2.05, 4.69) is 46.2 Å². The molecule has 2 aliphatic rings. The van der Waals surface area contributed by atoms with Crippen molar-refractivity contribution >= 4 is 17.3 Å². The molecule has 2 heterocycles. The third-order valence-corrected chi connectivity index (χ3v) is 4.98. The first-order valence-electron chi connectivity index (χ1n) is 8.62. The maximum atomic E-state index is 12.2. The minimum atomic E-state index is 0.137. The van der Waals surface area contributed by atoms with Crippen molar-refractivity contribution in [3.8, 4) is 0 Å². The van der Waals surface area contributed by atoms with Crippen LogP contribution >= 0.6 is 0 Å². The monoisotopic (exact) mass is 316 g/mol. The standard InChI is InChI=1S/C18H28N4O/c1-20-9-11-22(12-10-20)17-5-3-16(4-6-17)19-18(23)13-15-7-8-21(2)14-15/h3-6,15H,7-14H2,1-2H3,(H,19,23). The highest BCUT2D eigenvalue weighted by molar-refractivity contribution is 5.91. The predicted octanol–water partition coefficient (Wildman–Crippen LogP) is 1.72. The Bertz CT molecular complexity index is 522. The van der Waals surface area contributed by atoms with E-state index < -0.39 is 0 Å². The zero-order valence-electron chi connectivity index (χ0n) is 14.3. The highest BCUT2D eigenvalue weighted by Gasteiger charge is 2.22. The molecule has 2 aliphatic heterocycles. The first-order chi connectivity index (χ1) is 11.1. The molecule has 0 radical (unpaired) electrons. The zero-order chi connectivity index (χ0) is 16.2. The van der Waals surface area contributed by atoms with Crippen LogP contribution in [0.4, 0.5) is 11.4 Å². The van der Waals surface area contributed by atoms with E-state index in [0.29, 0.717) is 12.3 Å². The molecule has 0 bridgehead atoms. The van der Waals surface area contributed by atoms with E-state index in [1.165, 1.54) is 5.69 Å². The molecule has 1 aromatic carbocycles. The van der Waals surface area contributed by atoms with E-state index in [1.54, 1.807) is 0 Å². The van der Waals surface area contributed by atoms with Crippen molar-refractivity contribution in [1.82, 2.24) is 9.80 Å². The number of likely N-dealkylation sites (N-methyl/N-ethyl adjacent to an activating group) is 1. The van der Waals surface area contributed by atoms with Crippen LogP contribution in [0.3, 0.4) is 0 Å². The van der Waals surface area contributed by atoms with Crippen molar-refractivity contribution in [2.75, 3.05) is 63.6 Å². The lowest BCUT2D eigenvalue weighted by atomic mass is 10.0. The molecule has 0 spiro atoms. The van der Waals surface area contributed by atoms with E-state index in [-0.39, 0.29) is 5.91 Å². The van der Waals surface area contributed by atoms with Crippen LogP contribution in [0.25, 0.3) is 0 Å². The van der Waals surface area contributed by atoms with Crippen LogP contribution in [-0.4, -0.2) is 69.1 Å². The molecule has 23 heavy (non-hydrogen) atoms. The molecule has 3 rings (SSSR count). The number of amides is 1. The largest absolute Gasteiger partial charge is 0.369 e. The Hall–Kier alpha value is -1.59. The van der Waals surface area contributed by atoms with Crippen molar-refractivity contribution < 1.29 is 4.79 Å². The Morgan fingerprint density at radius 2 is 1.74 bits per heavy atom. The first kappa shape index (κ1) is 16.3. The fourth-order valence-electron chi connectivity index (χ4n) is 3.49. The van der Waals surface area contributed by atoms with Crippen LogP contribution in [0.5, 0.6) is 0 Å². The summed E-state index contributed by atoms with van der Waals surface area (Å²) >= 11 is 0. The van der Waals surface area contributed by atoms with E-state index in [4.69, 9.17) is 0 Å². The van der Waals surface area contributed by atoms with Gasteiger partial charge < -0.3 is 20.0 Å². The van der Waals surface area contributed by atoms with Crippen molar-refractivity contribution in [2.24, 2.45) is 5.92 Å². The number of benzene rings is 1. The van der Waals surface area contributed by atoms with E-state index in [9.17, 15) is 4.79 Å². The molecule has 1 unspecified atom stereocenters. The van der Waals surface area contributed by atoms with Gasteiger partial charge in [0.15, 0.2) is 0 Å². The van der Waals surface area contributed by atoms with Gasteiger partial charge in [-0.05, 0) is 57.2 Å². The number of likely N-dealkylation sites (tertiary alicyclic amines) is 1. The summed E-state index contributed by atoms with van der Waals surface area (Å²) < 4.78 is 0. The van der Waals surface area contributed by atoms with Gasteiger partial charge >= 0.3 is 0 Å². The Morgan fingerprint density at radius 1 is 1.04 bits per heavy atom. The molecule has 1 atom stereocenters. The number of nitrogens with zero attached hydrogens (tertiary/aromatic N) is 3. The minimum absolute atomic E-state index is 0.137. The first-order valence-corrected chi connectivity index (χ1v) is 8.62.